The zero-order valence-corrected chi connectivity index (χ0v) is 10.9. The largest absolute Gasteiger partial charge is 0.493 e. The fourth-order valence-electron chi connectivity index (χ4n) is 2.47. The average Bonchev–Trinajstić information content (AvgIpc) is 2.85. The quantitative estimate of drug-likeness (QED) is 0.849. The van der Waals surface area contributed by atoms with E-state index in [0.717, 1.165) is 25.1 Å². The highest BCUT2D eigenvalue weighted by molar-refractivity contribution is 5.42. The number of hydrogen-bond acceptors (Lipinski definition) is 5. The van der Waals surface area contributed by atoms with Gasteiger partial charge in [0.25, 0.3) is 0 Å². The number of hydrogen-bond donors (Lipinski definition) is 1. The molecule has 1 aliphatic heterocycles. The van der Waals surface area contributed by atoms with Crippen molar-refractivity contribution in [3.63, 3.8) is 0 Å². The van der Waals surface area contributed by atoms with Gasteiger partial charge in [0.2, 0.25) is 0 Å². The van der Waals surface area contributed by atoms with E-state index in [1.165, 1.54) is 0 Å². The SMILES string of the molecule is COc1ccnc(CN2CCC[C@@H]2CO)c1OC. The Balaban J connectivity index is 2.18. The van der Waals surface area contributed by atoms with Crippen LogP contribution in [0.4, 0.5) is 0 Å². The average molecular weight is 252 g/mol. The molecule has 1 aromatic rings. The summed E-state index contributed by atoms with van der Waals surface area (Å²) in [6, 6.07) is 2.03. The number of likely N-dealkylation sites (tertiary alicyclic amines) is 1. The van der Waals surface area contributed by atoms with Crippen LogP contribution in [0.2, 0.25) is 0 Å². The van der Waals surface area contributed by atoms with Gasteiger partial charge in [-0.05, 0) is 19.4 Å². The van der Waals surface area contributed by atoms with Crippen molar-refractivity contribution in [1.29, 1.82) is 0 Å². The van der Waals surface area contributed by atoms with E-state index in [9.17, 15) is 5.11 Å². The molecule has 0 unspecified atom stereocenters. The Kier molecular flexibility index (Phi) is 4.38. The van der Waals surface area contributed by atoms with E-state index in [2.05, 4.69) is 9.88 Å². The van der Waals surface area contributed by atoms with Crippen LogP contribution in [0.25, 0.3) is 0 Å². The van der Waals surface area contributed by atoms with Crippen molar-refractivity contribution in [2.45, 2.75) is 25.4 Å². The maximum atomic E-state index is 9.32. The number of methoxy groups -OCH3 is 2. The van der Waals surface area contributed by atoms with Gasteiger partial charge in [-0.15, -0.1) is 0 Å². The summed E-state index contributed by atoms with van der Waals surface area (Å²) in [5.41, 5.74) is 0.859. The van der Waals surface area contributed by atoms with Crippen LogP contribution in [0.15, 0.2) is 12.3 Å². The minimum absolute atomic E-state index is 0.201. The number of nitrogens with zero attached hydrogens (tertiary/aromatic N) is 2. The first-order chi connectivity index (χ1) is 8.80. The van der Waals surface area contributed by atoms with Gasteiger partial charge in [0.15, 0.2) is 11.5 Å². The van der Waals surface area contributed by atoms with E-state index in [0.29, 0.717) is 18.0 Å². The standard InChI is InChI=1S/C13H20N2O3/c1-17-12-5-6-14-11(13(12)18-2)8-15-7-3-4-10(15)9-16/h5-6,10,16H,3-4,7-9H2,1-2H3/t10-/m1/s1. The van der Waals surface area contributed by atoms with Gasteiger partial charge in [-0.1, -0.05) is 0 Å². The molecular weight excluding hydrogens is 232 g/mol. The van der Waals surface area contributed by atoms with Gasteiger partial charge >= 0.3 is 0 Å². The molecule has 0 aromatic carbocycles. The minimum atomic E-state index is 0.201. The fraction of sp³-hybridized carbons (Fsp3) is 0.615. The van der Waals surface area contributed by atoms with Crippen molar-refractivity contribution < 1.29 is 14.6 Å². The highest BCUT2D eigenvalue weighted by atomic mass is 16.5. The number of rotatable bonds is 5. The molecule has 0 spiro atoms. The lowest BCUT2D eigenvalue weighted by Crippen LogP contribution is -2.32. The second-order valence-electron chi connectivity index (χ2n) is 4.44. The molecule has 1 aromatic heterocycles. The molecule has 1 N–H and O–H groups in total. The van der Waals surface area contributed by atoms with Crippen molar-refractivity contribution in [1.82, 2.24) is 9.88 Å². The number of aliphatic hydroxyl groups excluding tert-OH is 1. The molecule has 0 radical (unpaired) electrons. The van der Waals surface area contributed by atoms with Crippen LogP contribution in [0.5, 0.6) is 11.5 Å². The molecule has 2 rings (SSSR count). The first kappa shape index (κ1) is 13.1. The van der Waals surface area contributed by atoms with E-state index in [4.69, 9.17) is 9.47 Å². The summed E-state index contributed by atoms with van der Waals surface area (Å²) in [6.07, 6.45) is 3.89. The predicted octanol–water partition coefficient (Wildman–Crippen LogP) is 1.06. The molecule has 2 heterocycles. The molecule has 0 saturated carbocycles. The third-order valence-electron chi connectivity index (χ3n) is 3.43. The Hall–Kier alpha value is -1.33. The van der Waals surface area contributed by atoms with Gasteiger partial charge in [-0.25, -0.2) is 0 Å². The topological polar surface area (TPSA) is 54.8 Å². The van der Waals surface area contributed by atoms with Crippen LogP contribution in [0, 0.1) is 0 Å². The molecular formula is C13H20N2O3. The molecule has 18 heavy (non-hydrogen) atoms. The van der Waals surface area contributed by atoms with E-state index < -0.39 is 0 Å². The molecule has 100 valence electrons. The third-order valence-corrected chi connectivity index (χ3v) is 3.43. The van der Waals surface area contributed by atoms with Crippen LogP contribution in [0.3, 0.4) is 0 Å². The number of aliphatic hydroxyl groups is 1. The summed E-state index contributed by atoms with van der Waals surface area (Å²) in [4.78, 5) is 6.60. The Bertz CT molecular complexity index is 398. The summed E-state index contributed by atoms with van der Waals surface area (Å²) in [6.45, 7) is 1.88. The summed E-state index contributed by atoms with van der Waals surface area (Å²) in [7, 11) is 3.24. The van der Waals surface area contributed by atoms with Crippen LogP contribution in [-0.4, -0.2) is 48.4 Å². The van der Waals surface area contributed by atoms with Gasteiger partial charge in [0.05, 0.1) is 20.8 Å². The summed E-state index contributed by atoms with van der Waals surface area (Å²) < 4.78 is 10.6. The molecule has 1 aliphatic rings. The minimum Gasteiger partial charge on any atom is -0.493 e. The number of ether oxygens (including phenoxy) is 2. The van der Waals surface area contributed by atoms with E-state index >= 15 is 0 Å². The van der Waals surface area contributed by atoms with Gasteiger partial charge in [-0.3, -0.25) is 9.88 Å². The summed E-state index contributed by atoms with van der Waals surface area (Å²) >= 11 is 0. The normalized spacial score (nSPS) is 20.1. The molecule has 0 aliphatic carbocycles. The molecule has 1 atom stereocenters. The van der Waals surface area contributed by atoms with Crippen molar-refractivity contribution in [3.8, 4) is 11.5 Å². The van der Waals surface area contributed by atoms with Gasteiger partial charge < -0.3 is 14.6 Å². The lowest BCUT2D eigenvalue weighted by molar-refractivity contribution is 0.151. The Morgan fingerprint density at radius 2 is 2.28 bits per heavy atom. The van der Waals surface area contributed by atoms with Crippen molar-refractivity contribution in [2.75, 3.05) is 27.4 Å². The predicted molar refractivity (Wildman–Crippen MR) is 67.9 cm³/mol. The van der Waals surface area contributed by atoms with E-state index in [1.807, 2.05) is 0 Å². The van der Waals surface area contributed by atoms with Gasteiger partial charge in [0, 0.05) is 24.8 Å². The molecule has 1 saturated heterocycles. The molecule has 0 amide bonds. The fourth-order valence-corrected chi connectivity index (χ4v) is 2.47. The van der Waals surface area contributed by atoms with Gasteiger partial charge in [-0.2, -0.15) is 0 Å². The lowest BCUT2D eigenvalue weighted by atomic mass is 10.2. The maximum Gasteiger partial charge on any atom is 0.183 e. The molecule has 0 bridgehead atoms. The number of pyridine rings is 1. The maximum absolute atomic E-state index is 9.32. The van der Waals surface area contributed by atoms with Crippen molar-refractivity contribution in [2.24, 2.45) is 0 Å². The lowest BCUT2D eigenvalue weighted by Gasteiger charge is -2.23. The Morgan fingerprint density at radius 3 is 2.94 bits per heavy atom. The summed E-state index contributed by atoms with van der Waals surface area (Å²) in [5, 5.41) is 9.32. The monoisotopic (exact) mass is 252 g/mol. The Morgan fingerprint density at radius 1 is 1.44 bits per heavy atom. The van der Waals surface area contributed by atoms with E-state index in [-0.39, 0.29) is 12.6 Å². The zero-order valence-electron chi connectivity index (χ0n) is 10.9. The van der Waals surface area contributed by atoms with Crippen LogP contribution in [-0.2, 0) is 6.54 Å². The van der Waals surface area contributed by atoms with E-state index in [1.54, 1.807) is 26.5 Å². The van der Waals surface area contributed by atoms with Crippen LogP contribution >= 0.6 is 0 Å². The first-order valence-electron chi connectivity index (χ1n) is 6.21. The smallest absolute Gasteiger partial charge is 0.183 e. The van der Waals surface area contributed by atoms with Crippen molar-refractivity contribution in [3.05, 3.63) is 18.0 Å². The second-order valence-corrected chi connectivity index (χ2v) is 4.44. The number of aromatic nitrogens is 1. The van der Waals surface area contributed by atoms with Crippen LogP contribution in [0.1, 0.15) is 18.5 Å². The molecule has 1 fully saturated rings. The Labute approximate surface area is 107 Å². The third kappa shape index (κ3) is 2.57. The van der Waals surface area contributed by atoms with Crippen molar-refractivity contribution >= 4 is 0 Å². The van der Waals surface area contributed by atoms with Crippen LogP contribution < -0.4 is 9.47 Å². The molecule has 5 nitrogen and oxygen atoms in total. The molecule has 5 heteroatoms. The zero-order chi connectivity index (χ0) is 13.0. The summed E-state index contributed by atoms with van der Waals surface area (Å²) in [5.74, 6) is 1.38. The second kappa shape index (κ2) is 6.02. The first-order valence-corrected chi connectivity index (χ1v) is 6.21. The highest BCUT2D eigenvalue weighted by Crippen LogP contribution is 2.31. The highest BCUT2D eigenvalue weighted by Gasteiger charge is 2.25. The van der Waals surface area contributed by atoms with Gasteiger partial charge in [0.1, 0.15) is 5.69 Å².